The van der Waals surface area contributed by atoms with Gasteiger partial charge in [0.05, 0.1) is 12.0 Å². The fraction of sp³-hybridized carbons (Fsp3) is 0.435. The summed E-state index contributed by atoms with van der Waals surface area (Å²) in [4.78, 5) is 42.9. The van der Waals surface area contributed by atoms with Crippen molar-refractivity contribution in [2.75, 3.05) is 6.61 Å². The number of hydrogen-bond acceptors (Lipinski definition) is 4. The second kappa shape index (κ2) is 7.50. The van der Waals surface area contributed by atoms with Crippen molar-refractivity contribution in [1.29, 1.82) is 0 Å². The Kier molecular flexibility index (Phi) is 5.03. The molecule has 2 aliphatic rings. The molecular formula is C23H26N2O4. The molecule has 3 heterocycles. The number of ether oxygens (including phenoxy) is 1. The number of esters is 1. The predicted molar refractivity (Wildman–Crippen MR) is 109 cm³/mol. The van der Waals surface area contributed by atoms with Crippen molar-refractivity contribution in [3.63, 3.8) is 0 Å². The van der Waals surface area contributed by atoms with E-state index in [1.165, 1.54) is 6.07 Å². The quantitative estimate of drug-likeness (QED) is 0.791. The third-order valence-corrected chi connectivity index (χ3v) is 6.25. The van der Waals surface area contributed by atoms with Crippen LogP contribution in [0.5, 0.6) is 0 Å². The number of nitrogens with zero attached hydrogens (tertiary/aromatic N) is 1. The first-order valence-corrected chi connectivity index (χ1v) is 10.2. The lowest BCUT2D eigenvalue weighted by atomic mass is 9.70. The van der Waals surface area contributed by atoms with Gasteiger partial charge in [-0.3, -0.25) is 14.4 Å². The zero-order valence-electron chi connectivity index (χ0n) is 16.8. The van der Waals surface area contributed by atoms with E-state index in [9.17, 15) is 14.4 Å². The highest BCUT2D eigenvalue weighted by atomic mass is 16.5. The number of fused-ring (bicyclic) bond motifs is 2. The number of amides is 1. The molecule has 2 saturated heterocycles. The van der Waals surface area contributed by atoms with Crippen LogP contribution in [0.15, 0.2) is 47.3 Å². The lowest BCUT2D eigenvalue weighted by Gasteiger charge is -2.35. The number of aromatic nitrogens is 1. The molecule has 0 aliphatic carbocycles. The van der Waals surface area contributed by atoms with Crippen molar-refractivity contribution >= 4 is 11.9 Å². The SMILES string of the molecule is CCOC(=O)[C@@]1(Cc2ccccc2)C[C@H]2CC[C@@H]1N2C(=O)c1cc(C)[nH]c(=O)c1. The van der Waals surface area contributed by atoms with Crippen molar-refractivity contribution in [2.24, 2.45) is 5.41 Å². The Balaban J connectivity index is 1.71. The van der Waals surface area contributed by atoms with E-state index < -0.39 is 5.41 Å². The summed E-state index contributed by atoms with van der Waals surface area (Å²) in [5, 5.41) is 0. The number of aromatic amines is 1. The standard InChI is InChI=1S/C23H26N2O4/c1-3-29-22(28)23(13-16-7-5-4-6-8-16)14-18-9-10-19(23)25(18)21(27)17-11-15(2)24-20(26)12-17/h4-8,11-12,18-19H,3,9-10,13-14H2,1-2H3,(H,24,26)/t18-,19+,23+/m1/s1. The first-order chi connectivity index (χ1) is 13.9. The van der Waals surface area contributed by atoms with Gasteiger partial charge in [-0.15, -0.1) is 0 Å². The van der Waals surface area contributed by atoms with Gasteiger partial charge in [0.15, 0.2) is 0 Å². The Morgan fingerprint density at radius 2 is 1.97 bits per heavy atom. The highest BCUT2D eigenvalue weighted by molar-refractivity contribution is 5.96. The fourth-order valence-corrected chi connectivity index (χ4v) is 5.16. The third-order valence-electron chi connectivity index (χ3n) is 6.25. The van der Waals surface area contributed by atoms with E-state index in [1.807, 2.05) is 42.2 Å². The van der Waals surface area contributed by atoms with Crippen LogP contribution in [-0.4, -0.2) is 40.5 Å². The summed E-state index contributed by atoms with van der Waals surface area (Å²) < 4.78 is 5.49. The molecule has 2 aliphatic heterocycles. The van der Waals surface area contributed by atoms with E-state index in [4.69, 9.17) is 4.74 Å². The number of H-pyrrole nitrogens is 1. The van der Waals surface area contributed by atoms with E-state index in [0.717, 1.165) is 18.4 Å². The van der Waals surface area contributed by atoms with Crippen LogP contribution in [0.1, 0.15) is 47.8 Å². The number of benzene rings is 1. The number of carbonyl (C=O) groups is 2. The summed E-state index contributed by atoms with van der Waals surface area (Å²) in [5.41, 5.74) is 1.05. The van der Waals surface area contributed by atoms with Crippen LogP contribution in [0.25, 0.3) is 0 Å². The second-order valence-corrected chi connectivity index (χ2v) is 8.12. The monoisotopic (exact) mass is 394 g/mol. The van der Waals surface area contributed by atoms with Crippen molar-refractivity contribution in [3.05, 3.63) is 69.6 Å². The Morgan fingerprint density at radius 3 is 2.66 bits per heavy atom. The van der Waals surface area contributed by atoms with Crippen molar-refractivity contribution in [1.82, 2.24) is 9.88 Å². The van der Waals surface area contributed by atoms with Gasteiger partial charge < -0.3 is 14.6 Å². The van der Waals surface area contributed by atoms with Crippen molar-refractivity contribution in [3.8, 4) is 0 Å². The van der Waals surface area contributed by atoms with E-state index >= 15 is 0 Å². The van der Waals surface area contributed by atoms with Crippen LogP contribution in [0.3, 0.4) is 0 Å². The number of carbonyl (C=O) groups excluding carboxylic acids is 2. The molecule has 0 radical (unpaired) electrons. The molecule has 29 heavy (non-hydrogen) atoms. The molecule has 4 rings (SSSR count). The zero-order chi connectivity index (χ0) is 20.6. The fourth-order valence-electron chi connectivity index (χ4n) is 5.16. The highest BCUT2D eigenvalue weighted by Gasteiger charge is 2.62. The zero-order valence-corrected chi connectivity index (χ0v) is 16.8. The van der Waals surface area contributed by atoms with Gasteiger partial charge in [0.25, 0.3) is 5.91 Å². The van der Waals surface area contributed by atoms with Crippen LogP contribution < -0.4 is 5.56 Å². The highest BCUT2D eigenvalue weighted by Crippen LogP contribution is 2.52. The second-order valence-electron chi connectivity index (χ2n) is 8.12. The minimum Gasteiger partial charge on any atom is -0.465 e. The summed E-state index contributed by atoms with van der Waals surface area (Å²) in [6.07, 6.45) is 2.78. The molecule has 1 aromatic heterocycles. The molecule has 2 bridgehead atoms. The van der Waals surface area contributed by atoms with Gasteiger partial charge in [0, 0.05) is 29.4 Å². The molecule has 1 aromatic carbocycles. The van der Waals surface area contributed by atoms with Crippen LogP contribution in [0, 0.1) is 12.3 Å². The van der Waals surface area contributed by atoms with E-state index in [1.54, 1.807) is 13.0 Å². The van der Waals surface area contributed by atoms with Crippen LogP contribution in [0.2, 0.25) is 0 Å². The Labute approximate surface area is 169 Å². The van der Waals surface area contributed by atoms with Gasteiger partial charge in [-0.05, 0) is 51.2 Å². The minimum absolute atomic E-state index is 0.0137. The summed E-state index contributed by atoms with van der Waals surface area (Å²) >= 11 is 0. The normalized spacial score (nSPS) is 25.2. The van der Waals surface area contributed by atoms with Gasteiger partial charge in [-0.2, -0.15) is 0 Å². The van der Waals surface area contributed by atoms with Gasteiger partial charge in [-0.25, -0.2) is 0 Å². The topological polar surface area (TPSA) is 79.5 Å². The largest absolute Gasteiger partial charge is 0.465 e. The number of aryl methyl sites for hydroxylation is 1. The molecule has 0 spiro atoms. The van der Waals surface area contributed by atoms with Crippen LogP contribution >= 0.6 is 0 Å². The summed E-state index contributed by atoms with van der Waals surface area (Å²) in [5.74, 6) is -0.401. The maximum absolute atomic E-state index is 13.4. The Bertz CT molecular complexity index is 984. The van der Waals surface area contributed by atoms with E-state index in [-0.39, 0.29) is 29.5 Å². The first-order valence-electron chi connectivity index (χ1n) is 10.2. The maximum Gasteiger partial charge on any atom is 0.314 e. The Morgan fingerprint density at radius 1 is 1.21 bits per heavy atom. The molecule has 1 N–H and O–H groups in total. The molecule has 0 saturated carbocycles. The van der Waals surface area contributed by atoms with E-state index in [2.05, 4.69) is 4.98 Å². The third kappa shape index (κ3) is 3.37. The molecule has 6 nitrogen and oxygen atoms in total. The summed E-state index contributed by atoms with van der Waals surface area (Å²) in [6.45, 7) is 3.88. The Hall–Kier alpha value is -2.89. The molecular weight excluding hydrogens is 368 g/mol. The van der Waals surface area contributed by atoms with E-state index in [0.29, 0.717) is 30.7 Å². The van der Waals surface area contributed by atoms with Crippen LogP contribution in [0.4, 0.5) is 0 Å². The summed E-state index contributed by atoms with van der Waals surface area (Å²) in [6, 6.07) is 12.7. The molecule has 152 valence electrons. The summed E-state index contributed by atoms with van der Waals surface area (Å²) in [7, 11) is 0. The van der Waals surface area contributed by atoms with Gasteiger partial charge in [0.1, 0.15) is 0 Å². The maximum atomic E-state index is 13.4. The number of hydrogen-bond donors (Lipinski definition) is 1. The molecule has 2 fully saturated rings. The molecule has 6 heteroatoms. The number of rotatable bonds is 5. The molecule has 1 amide bonds. The lowest BCUT2D eigenvalue weighted by Crippen LogP contribution is -2.47. The van der Waals surface area contributed by atoms with Crippen molar-refractivity contribution in [2.45, 2.75) is 51.6 Å². The smallest absolute Gasteiger partial charge is 0.314 e. The average molecular weight is 394 g/mol. The average Bonchev–Trinajstić information content (AvgIpc) is 3.24. The van der Waals surface area contributed by atoms with Crippen LogP contribution in [-0.2, 0) is 16.0 Å². The number of nitrogens with one attached hydrogen (secondary N) is 1. The number of pyridine rings is 1. The van der Waals surface area contributed by atoms with Gasteiger partial charge >= 0.3 is 5.97 Å². The van der Waals surface area contributed by atoms with Crippen molar-refractivity contribution < 1.29 is 14.3 Å². The molecule has 3 atom stereocenters. The predicted octanol–water partition coefficient (Wildman–Crippen LogP) is 2.85. The van der Waals surface area contributed by atoms with Gasteiger partial charge in [-0.1, -0.05) is 30.3 Å². The minimum atomic E-state index is -0.744. The lowest BCUT2D eigenvalue weighted by molar-refractivity contribution is -0.157. The molecule has 2 aromatic rings. The van der Waals surface area contributed by atoms with Gasteiger partial charge in [0.2, 0.25) is 5.56 Å². The first kappa shape index (κ1) is 19.4. The molecule has 0 unspecified atom stereocenters.